The summed E-state index contributed by atoms with van der Waals surface area (Å²) in [4.78, 5) is 135. The third kappa shape index (κ3) is 14.5. The summed E-state index contributed by atoms with van der Waals surface area (Å²) in [5.74, 6) is -3.03. The second-order valence-corrected chi connectivity index (χ2v) is 22.4. The lowest BCUT2D eigenvalue weighted by molar-refractivity contribution is -0.142. The standard InChI is InChI=1S/C62H76N14O8/c1-37(63-3)55(77)73-51(39-17-7-5-8-18-39)61(83)75-35-43(33-49(75)59(81)71-47-23-13-11-21-45(47)53-65-29-15-30-66-53)69-57(79)41-25-27-42(28-26-41)58(80)70-44-34-50(60(82)72-48-24-14-12-22-46(48)54-67-31-16-32-68-54)76(36-44)62(84)52(40-19-9-6-10-20-40)74-56(78)38(2)64-4/h11-16,21-32,37-40,43-44,49-52,63-64H,5-10,17-20,33-36H2,1-4H3,(H,69,79)(H,70,80)(H,71,81)(H,72,82)(H,73,77)(H,74,78)/t37-,38-,43-,44-,49-,50-,51-,52-/m0/s1. The van der Waals surface area contributed by atoms with Gasteiger partial charge in [0.25, 0.3) is 11.8 Å². The number of rotatable bonds is 20. The molecule has 442 valence electrons. The molecule has 8 N–H and O–H groups in total. The van der Waals surface area contributed by atoms with E-state index in [1.807, 2.05) is 0 Å². The zero-order valence-electron chi connectivity index (χ0n) is 48.0. The van der Waals surface area contributed by atoms with Crippen LogP contribution in [0.2, 0.25) is 0 Å². The fourth-order valence-corrected chi connectivity index (χ4v) is 11.9. The maximum absolute atomic E-state index is 15.0. The number of likely N-dealkylation sites (N-methyl/N-ethyl adjacent to an activating group) is 2. The number of amides is 8. The van der Waals surface area contributed by atoms with Crippen molar-refractivity contribution in [3.63, 3.8) is 0 Å². The lowest BCUT2D eigenvalue weighted by Crippen LogP contribution is -2.57. The first kappa shape index (κ1) is 60.1. The molecule has 22 nitrogen and oxygen atoms in total. The van der Waals surface area contributed by atoms with E-state index in [1.54, 1.807) is 113 Å². The zero-order chi connectivity index (χ0) is 59.3. The van der Waals surface area contributed by atoms with Gasteiger partial charge in [0, 0.05) is 72.2 Å². The molecule has 2 saturated heterocycles. The molecule has 0 unspecified atom stereocenters. The van der Waals surface area contributed by atoms with Gasteiger partial charge in [-0.1, -0.05) is 62.8 Å². The molecule has 4 aliphatic rings. The predicted octanol–water partition coefficient (Wildman–Crippen LogP) is 4.62. The Labute approximate surface area is 489 Å². The topological polar surface area (TPSA) is 291 Å². The Hall–Kier alpha value is -8.50. The van der Waals surface area contributed by atoms with Gasteiger partial charge in [-0.15, -0.1) is 0 Å². The maximum Gasteiger partial charge on any atom is 0.251 e. The average molecular weight is 1150 g/mol. The summed E-state index contributed by atoms with van der Waals surface area (Å²) in [5, 5.41) is 24.0. The first-order valence-electron chi connectivity index (χ1n) is 29.3. The van der Waals surface area contributed by atoms with Gasteiger partial charge in [-0.3, -0.25) is 38.4 Å². The minimum atomic E-state index is -1.05. The third-order valence-electron chi connectivity index (χ3n) is 16.9. The summed E-state index contributed by atoms with van der Waals surface area (Å²) in [6.45, 7) is 3.37. The summed E-state index contributed by atoms with van der Waals surface area (Å²) in [7, 11) is 3.33. The molecule has 2 aromatic heterocycles. The molecule has 3 aromatic carbocycles. The smallest absolute Gasteiger partial charge is 0.251 e. The van der Waals surface area contributed by atoms with Crippen LogP contribution in [0.3, 0.4) is 0 Å². The summed E-state index contributed by atoms with van der Waals surface area (Å²) in [5.41, 5.74) is 2.43. The van der Waals surface area contributed by atoms with Crippen molar-refractivity contribution < 1.29 is 38.4 Å². The lowest BCUT2D eigenvalue weighted by Gasteiger charge is -2.35. The highest BCUT2D eigenvalue weighted by molar-refractivity contribution is 6.03. The van der Waals surface area contributed by atoms with Crippen LogP contribution in [0, 0.1) is 11.8 Å². The molecule has 2 aliphatic heterocycles. The molecule has 2 saturated carbocycles. The molecule has 2 aliphatic carbocycles. The van der Waals surface area contributed by atoms with Crippen molar-refractivity contribution in [2.24, 2.45) is 11.8 Å². The SMILES string of the molecule is CN[C@@H](C)C(=O)N[C@H](C(=O)N1C[C@@H](NC(=O)c2ccc(C(=O)N[C@H]3C[C@@H](C(=O)Nc4ccccc4-c4ncccn4)N(C(=O)[C@@H](NC(=O)[C@H](C)NC)C4CCCCC4)C3)cc2)C[C@H]1C(=O)Nc1ccccc1-c1ncccn1)C1CCCCC1. The van der Waals surface area contributed by atoms with E-state index in [0.29, 0.717) is 34.2 Å². The normalized spacial score (nSPS) is 20.6. The summed E-state index contributed by atoms with van der Waals surface area (Å²) >= 11 is 0. The van der Waals surface area contributed by atoms with E-state index in [-0.39, 0.29) is 60.7 Å². The second kappa shape index (κ2) is 28.2. The van der Waals surface area contributed by atoms with Gasteiger partial charge in [-0.2, -0.15) is 0 Å². The van der Waals surface area contributed by atoms with E-state index in [2.05, 4.69) is 62.5 Å². The lowest BCUT2D eigenvalue weighted by atomic mass is 9.83. The van der Waals surface area contributed by atoms with Crippen LogP contribution in [-0.4, -0.2) is 153 Å². The van der Waals surface area contributed by atoms with Crippen LogP contribution in [0.15, 0.2) is 110 Å². The number of nitrogens with one attached hydrogen (secondary N) is 8. The number of aromatic nitrogens is 4. The van der Waals surface area contributed by atoms with Crippen LogP contribution in [0.4, 0.5) is 11.4 Å². The number of benzene rings is 3. The van der Waals surface area contributed by atoms with Gasteiger partial charge in [0.15, 0.2) is 11.6 Å². The van der Waals surface area contributed by atoms with E-state index >= 15 is 0 Å². The summed E-state index contributed by atoms with van der Waals surface area (Å²) in [6, 6.07) is 17.1. The first-order chi connectivity index (χ1) is 40.7. The van der Waals surface area contributed by atoms with Crippen molar-refractivity contribution in [3.8, 4) is 22.8 Å². The summed E-state index contributed by atoms with van der Waals surface area (Å²) in [6.07, 6.45) is 15.1. The van der Waals surface area contributed by atoms with Crippen molar-refractivity contribution in [2.75, 3.05) is 37.8 Å². The van der Waals surface area contributed by atoms with Gasteiger partial charge in [0.1, 0.15) is 24.2 Å². The third-order valence-corrected chi connectivity index (χ3v) is 16.9. The Balaban J connectivity index is 0.917. The number of nitrogens with zero attached hydrogens (tertiary/aromatic N) is 6. The fraction of sp³-hybridized carbons (Fsp3) is 0.452. The molecule has 22 heteroatoms. The van der Waals surface area contributed by atoms with Crippen molar-refractivity contribution in [1.29, 1.82) is 0 Å². The van der Waals surface area contributed by atoms with Gasteiger partial charge < -0.3 is 52.3 Å². The van der Waals surface area contributed by atoms with E-state index in [1.165, 1.54) is 34.1 Å². The fourth-order valence-electron chi connectivity index (χ4n) is 11.9. The van der Waals surface area contributed by atoms with Crippen LogP contribution in [0.5, 0.6) is 0 Å². The predicted molar refractivity (Wildman–Crippen MR) is 315 cm³/mol. The van der Waals surface area contributed by atoms with Crippen LogP contribution >= 0.6 is 0 Å². The molecule has 4 fully saturated rings. The molecule has 0 bridgehead atoms. The second-order valence-electron chi connectivity index (χ2n) is 22.4. The monoisotopic (exact) mass is 1140 g/mol. The van der Waals surface area contributed by atoms with Crippen LogP contribution in [0.1, 0.15) is 112 Å². The molecule has 4 heterocycles. The molecule has 84 heavy (non-hydrogen) atoms. The molecular weight excluding hydrogens is 1070 g/mol. The Bertz CT molecular complexity index is 2930. The minimum Gasteiger partial charge on any atom is -0.347 e. The van der Waals surface area contributed by atoms with Crippen molar-refractivity contribution in [3.05, 3.63) is 121 Å². The minimum absolute atomic E-state index is 0.0238. The Morgan fingerprint density at radius 1 is 0.476 bits per heavy atom. The van der Waals surface area contributed by atoms with Crippen molar-refractivity contribution >= 4 is 58.6 Å². The number of hydrogen-bond acceptors (Lipinski definition) is 14. The number of hydrogen-bond donors (Lipinski definition) is 8. The van der Waals surface area contributed by atoms with E-state index in [4.69, 9.17) is 0 Å². The van der Waals surface area contributed by atoms with Gasteiger partial charge in [-0.25, -0.2) is 19.9 Å². The van der Waals surface area contributed by atoms with Crippen LogP contribution in [0.25, 0.3) is 22.8 Å². The van der Waals surface area contributed by atoms with E-state index in [0.717, 1.165) is 64.2 Å². The Kier molecular flexibility index (Phi) is 20.2. The van der Waals surface area contributed by atoms with Gasteiger partial charge >= 0.3 is 0 Å². The summed E-state index contributed by atoms with van der Waals surface area (Å²) < 4.78 is 0. The van der Waals surface area contributed by atoms with Crippen molar-refractivity contribution in [1.82, 2.24) is 61.6 Å². The molecular formula is C62H76N14O8. The molecule has 8 atom stereocenters. The molecule has 5 aromatic rings. The molecule has 0 radical (unpaired) electrons. The maximum atomic E-state index is 15.0. The van der Waals surface area contributed by atoms with Gasteiger partial charge in [0.05, 0.1) is 23.5 Å². The largest absolute Gasteiger partial charge is 0.347 e. The number of anilines is 2. The van der Waals surface area contributed by atoms with E-state index in [9.17, 15) is 38.4 Å². The highest BCUT2D eigenvalue weighted by atomic mass is 16.2. The van der Waals surface area contributed by atoms with E-state index < -0.39 is 83.8 Å². The molecule has 8 amide bonds. The first-order valence-corrected chi connectivity index (χ1v) is 29.3. The quantitative estimate of drug-likeness (QED) is 0.0528. The van der Waals surface area contributed by atoms with Crippen LogP contribution < -0.4 is 42.5 Å². The number of para-hydroxylation sites is 2. The Morgan fingerprint density at radius 3 is 1.19 bits per heavy atom. The Morgan fingerprint density at radius 2 is 0.833 bits per heavy atom. The number of carbonyl (C=O) groups excluding carboxylic acids is 8. The number of carbonyl (C=O) groups is 8. The average Bonchev–Trinajstić information content (AvgIpc) is 4.37. The highest BCUT2D eigenvalue weighted by Gasteiger charge is 2.47. The highest BCUT2D eigenvalue weighted by Crippen LogP contribution is 2.34. The zero-order valence-corrected chi connectivity index (χ0v) is 48.0. The molecule has 9 rings (SSSR count). The molecule has 0 spiro atoms. The van der Waals surface area contributed by atoms with Gasteiger partial charge in [0.2, 0.25) is 35.4 Å². The van der Waals surface area contributed by atoms with Gasteiger partial charge in [-0.05, 0) is 139 Å². The van der Waals surface area contributed by atoms with Crippen LogP contribution in [-0.2, 0) is 28.8 Å². The van der Waals surface area contributed by atoms with Crippen molar-refractivity contribution in [2.45, 2.75) is 139 Å². The number of likely N-dealkylation sites (tertiary alicyclic amines) is 2.